The van der Waals surface area contributed by atoms with Crippen LogP contribution < -0.4 is 19.3 Å². The number of hydrogen-bond donors (Lipinski definition) is 2. The van der Waals surface area contributed by atoms with Crippen LogP contribution in [-0.2, 0) is 14.3 Å². The summed E-state index contributed by atoms with van der Waals surface area (Å²) in [6.07, 6.45) is 4.32. The molecular formula is C39H46ClN3O9. The van der Waals surface area contributed by atoms with Crippen molar-refractivity contribution >= 4 is 51.7 Å². The van der Waals surface area contributed by atoms with Crippen LogP contribution >= 0.6 is 11.6 Å². The zero-order valence-corrected chi connectivity index (χ0v) is 30.2. The Balaban J connectivity index is 1.03. The molecule has 0 spiro atoms. The number of phenolic OH excluding ortho intramolecular Hbond substituents is 1. The number of anilines is 2. The molecule has 2 unspecified atom stereocenters. The Bertz CT molecular complexity index is 1820. The van der Waals surface area contributed by atoms with Gasteiger partial charge in [-0.15, -0.1) is 11.6 Å². The molecule has 3 aromatic carbocycles. The molecule has 4 heterocycles. The summed E-state index contributed by atoms with van der Waals surface area (Å²) < 4.78 is 24.1. The quantitative estimate of drug-likeness (QED) is 0.154. The monoisotopic (exact) mass is 735 g/mol. The first-order chi connectivity index (χ1) is 25.3. The van der Waals surface area contributed by atoms with Crippen molar-refractivity contribution in [3.05, 3.63) is 53.6 Å². The normalized spacial score (nSPS) is 22.8. The molecule has 278 valence electrons. The van der Waals surface area contributed by atoms with Crippen molar-refractivity contribution in [2.75, 3.05) is 49.1 Å². The van der Waals surface area contributed by atoms with Gasteiger partial charge in [-0.1, -0.05) is 24.3 Å². The van der Waals surface area contributed by atoms with Crippen LogP contribution in [0.5, 0.6) is 17.2 Å². The van der Waals surface area contributed by atoms with Crippen LogP contribution in [0, 0.1) is 0 Å². The number of amides is 3. The molecule has 4 aliphatic heterocycles. The minimum Gasteiger partial charge on any atom is -0.507 e. The molecule has 2 fully saturated rings. The second kappa shape index (κ2) is 15.8. The van der Waals surface area contributed by atoms with Gasteiger partial charge in [-0.25, -0.2) is 9.69 Å². The van der Waals surface area contributed by atoms with E-state index in [0.717, 1.165) is 46.9 Å². The highest BCUT2D eigenvalue weighted by Gasteiger charge is 2.46. The fourth-order valence-electron chi connectivity index (χ4n) is 8.16. The molecule has 2 saturated heterocycles. The van der Waals surface area contributed by atoms with Crippen molar-refractivity contribution < 1.29 is 43.5 Å². The molecule has 4 aliphatic rings. The average Bonchev–Trinajstić information content (AvgIpc) is 3.50. The summed E-state index contributed by atoms with van der Waals surface area (Å²) in [5.74, 6) is 0.839. The summed E-state index contributed by atoms with van der Waals surface area (Å²) in [5, 5.41) is 23.0. The molecule has 3 amide bonds. The molecule has 4 atom stereocenters. The van der Waals surface area contributed by atoms with Crippen LogP contribution in [0.1, 0.15) is 86.0 Å². The zero-order chi connectivity index (χ0) is 36.4. The number of unbranched alkanes of at least 4 members (excludes halogenated alkanes) is 2. The first kappa shape index (κ1) is 36.1. The van der Waals surface area contributed by atoms with Gasteiger partial charge in [0.05, 0.1) is 36.7 Å². The van der Waals surface area contributed by atoms with Gasteiger partial charge in [0.1, 0.15) is 5.75 Å². The number of nitrogens with zero attached hydrogens (tertiary/aromatic N) is 3. The van der Waals surface area contributed by atoms with E-state index in [1.807, 2.05) is 24.3 Å². The summed E-state index contributed by atoms with van der Waals surface area (Å²) in [5.41, 5.74) is 2.12. The van der Waals surface area contributed by atoms with E-state index in [9.17, 15) is 24.6 Å². The average molecular weight is 736 g/mol. The molecule has 52 heavy (non-hydrogen) atoms. The number of hydrogen-bond acceptors (Lipinski definition) is 8. The summed E-state index contributed by atoms with van der Waals surface area (Å²) in [4.78, 5) is 45.0. The number of fused-ring (bicyclic) bond motifs is 5. The van der Waals surface area contributed by atoms with Gasteiger partial charge in [0.2, 0.25) is 5.91 Å². The van der Waals surface area contributed by atoms with Crippen molar-refractivity contribution in [1.82, 2.24) is 4.90 Å². The second-order valence-corrected chi connectivity index (χ2v) is 14.3. The molecule has 0 aliphatic carbocycles. The van der Waals surface area contributed by atoms with E-state index < -0.39 is 24.7 Å². The largest absolute Gasteiger partial charge is 0.507 e. The Morgan fingerprint density at radius 2 is 1.79 bits per heavy atom. The van der Waals surface area contributed by atoms with Crippen molar-refractivity contribution in [3.8, 4) is 17.2 Å². The number of carbonyl (C=O) groups is 3. The van der Waals surface area contributed by atoms with Crippen molar-refractivity contribution in [1.29, 1.82) is 0 Å². The van der Waals surface area contributed by atoms with Crippen LogP contribution in [0.25, 0.3) is 10.8 Å². The third-order valence-electron chi connectivity index (χ3n) is 10.7. The Labute approximate surface area is 308 Å². The number of phenols is 1. The standard InChI is InChI=1S/C39H46ClN3O9/c1-49-32-19-27-29(43(39(47)48)38(52-35-15-7-10-18-51-35)28-13-6-8-16-41(28)37(27)46)21-33(32)50-17-9-2-3-14-34(45)42-23-24(22-40)36-26-12-5-4-11-25(26)31(44)20-30(36)42/h4-5,11-12,19-21,24,28,35,38,44H,2-3,6-10,13-18,22-23H2,1H3,(H,47,48)/t24-,28+,35?,38?/m1/s1. The minimum absolute atomic E-state index is 0.0218. The first-order valence-electron chi connectivity index (χ1n) is 18.4. The van der Waals surface area contributed by atoms with E-state index in [-0.39, 0.29) is 41.3 Å². The Hall–Kier alpha value is -4.26. The van der Waals surface area contributed by atoms with Crippen molar-refractivity contribution in [3.63, 3.8) is 0 Å². The number of aromatic hydroxyl groups is 1. The smallest absolute Gasteiger partial charge is 0.414 e. The maximum absolute atomic E-state index is 14.0. The first-order valence-corrected chi connectivity index (χ1v) is 18.9. The number of carbonyl (C=O) groups excluding carboxylic acids is 2. The van der Waals surface area contributed by atoms with Crippen molar-refractivity contribution in [2.45, 2.75) is 88.7 Å². The third kappa shape index (κ3) is 6.95. The van der Waals surface area contributed by atoms with Crippen LogP contribution in [0.2, 0.25) is 0 Å². The highest BCUT2D eigenvalue weighted by atomic mass is 35.5. The number of methoxy groups -OCH3 is 1. The van der Waals surface area contributed by atoms with E-state index >= 15 is 0 Å². The van der Waals surface area contributed by atoms with Crippen LogP contribution in [0.15, 0.2) is 42.5 Å². The van der Waals surface area contributed by atoms with Crippen molar-refractivity contribution in [2.24, 2.45) is 0 Å². The highest BCUT2D eigenvalue weighted by Crippen LogP contribution is 2.46. The second-order valence-electron chi connectivity index (χ2n) is 13.9. The zero-order valence-electron chi connectivity index (χ0n) is 29.4. The Morgan fingerprint density at radius 3 is 2.54 bits per heavy atom. The number of carboxylic acid groups (broad SMARTS) is 1. The molecule has 13 heteroatoms. The fourth-order valence-corrected chi connectivity index (χ4v) is 8.41. The molecule has 0 aromatic heterocycles. The molecule has 0 saturated carbocycles. The lowest BCUT2D eigenvalue weighted by Crippen LogP contribution is -2.57. The number of rotatable bonds is 11. The molecule has 2 N–H and O–H groups in total. The number of halogens is 1. The molecule has 7 rings (SSSR count). The van der Waals surface area contributed by atoms with Crippen LogP contribution in [0.4, 0.5) is 16.2 Å². The Morgan fingerprint density at radius 1 is 0.981 bits per heavy atom. The number of alkyl halides is 1. The SMILES string of the molecule is COc1cc2c(cc1OCCCCCC(=O)N1C[C@@H](CCl)c3c1cc(O)c1ccccc31)N(C(=O)O)C(OC1CCCCO1)[C@@H]1CCCCN1C2=O. The van der Waals surface area contributed by atoms with Gasteiger partial charge in [-0.05, 0) is 74.8 Å². The van der Waals surface area contributed by atoms with Crippen LogP contribution in [0.3, 0.4) is 0 Å². The van der Waals surface area contributed by atoms with E-state index in [2.05, 4.69) is 0 Å². The lowest BCUT2D eigenvalue weighted by atomic mass is 9.95. The van der Waals surface area contributed by atoms with Gasteiger partial charge in [-0.3, -0.25) is 9.59 Å². The molecule has 12 nitrogen and oxygen atoms in total. The number of benzene rings is 3. The maximum atomic E-state index is 14.0. The van der Waals surface area contributed by atoms with Gasteiger partial charge >= 0.3 is 6.09 Å². The topological polar surface area (TPSA) is 138 Å². The lowest BCUT2D eigenvalue weighted by molar-refractivity contribution is -0.198. The number of ether oxygens (including phenoxy) is 4. The van der Waals surface area contributed by atoms with Gasteiger partial charge in [0.15, 0.2) is 24.0 Å². The summed E-state index contributed by atoms with van der Waals surface area (Å²) in [6.45, 7) is 1.80. The Kier molecular flexibility index (Phi) is 11.0. The predicted octanol–water partition coefficient (Wildman–Crippen LogP) is 7.22. The predicted molar refractivity (Wildman–Crippen MR) is 196 cm³/mol. The summed E-state index contributed by atoms with van der Waals surface area (Å²) in [7, 11) is 1.49. The maximum Gasteiger partial charge on any atom is 0.414 e. The van der Waals surface area contributed by atoms with Gasteiger partial charge in [0.25, 0.3) is 5.91 Å². The molecule has 0 radical (unpaired) electrons. The summed E-state index contributed by atoms with van der Waals surface area (Å²) >= 11 is 6.35. The molecular weight excluding hydrogens is 690 g/mol. The van der Waals surface area contributed by atoms with E-state index in [0.29, 0.717) is 81.3 Å². The number of piperidine rings is 1. The third-order valence-corrected chi connectivity index (χ3v) is 11.1. The minimum atomic E-state index is -1.23. The van der Waals surface area contributed by atoms with Gasteiger partial charge in [-0.2, -0.15) is 0 Å². The van der Waals surface area contributed by atoms with E-state index in [1.54, 1.807) is 28.0 Å². The molecule has 0 bridgehead atoms. The highest BCUT2D eigenvalue weighted by molar-refractivity contribution is 6.19. The fraction of sp³-hybridized carbons (Fsp3) is 0.513. The van der Waals surface area contributed by atoms with E-state index in [1.165, 1.54) is 7.11 Å². The van der Waals surface area contributed by atoms with E-state index in [4.69, 9.17) is 30.5 Å². The van der Waals surface area contributed by atoms with Crippen LogP contribution in [-0.4, -0.2) is 90.9 Å². The van der Waals surface area contributed by atoms with Gasteiger partial charge < -0.3 is 39.0 Å². The molecule has 3 aromatic rings. The van der Waals surface area contributed by atoms with Gasteiger partial charge in [0, 0.05) is 55.4 Å². The summed E-state index contributed by atoms with van der Waals surface area (Å²) in [6, 6.07) is 12.0. The lowest BCUT2D eigenvalue weighted by Gasteiger charge is -2.42.